The zero-order valence-electron chi connectivity index (χ0n) is 14.9. The van der Waals surface area contributed by atoms with Crippen LogP contribution in [0.2, 0.25) is 0 Å². The molecule has 0 aliphatic rings. The monoisotopic (exact) mass is 360 g/mol. The number of hydrogen-bond acceptors (Lipinski definition) is 2. The molecule has 0 aliphatic heterocycles. The number of hydrogen-bond donors (Lipinski definition) is 0. The van der Waals surface area contributed by atoms with E-state index in [1.807, 2.05) is 48.5 Å². The molecule has 0 spiro atoms. The lowest BCUT2D eigenvalue weighted by atomic mass is 9.96. The minimum absolute atomic E-state index is 0.0158. The average Bonchev–Trinajstić information content (AvgIpc) is 2.67. The molecule has 0 radical (unpaired) electrons. The van der Waals surface area contributed by atoms with E-state index in [2.05, 4.69) is 11.6 Å². The van der Waals surface area contributed by atoms with Gasteiger partial charge in [0.1, 0.15) is 0 Å². The summed E-state index contributed by atoms with van der Waals surface area (Å²) in [6, 6.07) is 20.1. The maximum absolute atomic E-state index is 13.6. The van der Waals surface area contributed by atoms with Crippen molar-refractivity contribution in [2.75, 3.05) is 0 Å². The lowest BCUT2D eigenvalue weighted by molar-refractivity contribution is 0.0172. The van der Waals surface area contributed by atoms with E-state index < -0.39 is 5.92 Å². The topological polar surface area (TPSA) is 36.7 Å². The van der Waals surface area contributed by atoms with Crippen molar-refractivity contribution in [3.05, 3.63) is 95.2 Å². The Morgan fingerprint density at radius 1 is 1.07 bits per heavy atom. The van der Waals surface area contributed by atoms with Gasteiger partial charge in [0, 0.05) is 18.1 Å². The number of benzene rings is 2. The SMILES string of the molecule is C=Cc1cccc(-c2ccc(Cc3ccc(C(C)(F)F)c(C#N)c3)cc2)n1. The molecular formula is C23H18F2N2. The van der Waals surface area contributed by atoms with Crippen LogP contribution in [0.25, 0.3) is 17.3 Å². The van der Waals surface area contributed by atoms with Gasteiger partial charge in [0.2, 0.25) is 0 Å². The van der Waals surface area contributed by atoms with E-state index in [1.54, 1.807) is 12.1 Å². The van der Waals surface area contributed by atoms with Crippen molar-refractivity contribution < 1.29 is 8.78 Å². The Hall–Kier alpha value is -3.32. The Labute approximate surface area is 157 Å². The van der Waals surface area contributed by atoms with Gasteiger partial charge < -0.3 is 0 Å². The maximum Gasteiger partial charge on any atom is 0.271 e. The zero-order chi connectivity index (χ0) is 19.4. The van der Waals surface area contributed by atoms with Crippen LogP contribution in [0.4, 0.5) is 8.78 Å². The number of alkyl halides is 2. The fraction of sp³-hybridized carbons (Fsp3) is 0.130. The highest BCUT2D eigenvalue weighted by Gasteiger charge is 2.27. The number of aromatic nitrogens is 1. The van der Waals surface area contributed by atoms with Gasteiger partial charge in [-0.2, -0.15) is 5.26 Å². The van der Waals surface area contributed by atoms with E-state index in [4.69, 9.17) is 0 Å². The second kappa shape index (κ2) is 7.51. The molecule has 0 fully saturated rings. The first-order chi connectivity index (χ1) is 12.9. The molecule has 0 saturated carbocycles. The van der Waals surface area contributed by atoms with Crippen LogP contribution in [0.15, 0.2) is 67.2 Å². The number of halogens is 2. The molecule has 134 valence electrons. The lowest BCUT2D eigenvalue weighted by Crippen LogP contribution is -2.10. The third kappa shape index (κ3) is 4.27. The van der Waals surface area contributed by atoms with E-state index in [-0.39, 0.29) is 11.1 Å². The molecule has 2 aromatic carbocycles. The molecule has 3 aromatic rings. The van der Waals surface area contributed by atoms with Crippen LogP contribution in [0.3, 0.4) is 0 Å². The number of pyridine rings is 1. The summed E-state index contributed by atoms with van der Waals surface area (Å²) in [5.41, 5.74) is 4.28. The quantitative estimate of drug-likeness (QED) is 0.562. The lowest BCUT2D eigenvalue weighted by Gasteiger charge is -2.13. The summed E-state index contributed by atoms with van der Waals surface area (Å²) in [5, 5.41) is 9.18. The van der Waals surface area contributed by atoms with Gasteiger partial charge in [-0.1, -0.05) is 49.0 Å². The van der Waals surface area contributed by atoms with Crippen molar-refractivity contribution in [2.24, 2.45) is 0 Å². The van der Waals surface area contributed by atoms with E-state index in [0.717, 1.165) is 35.0 Å². The zero-order valence-corrected chi connectivity index (χ0v) is 14.9. The third-order valence-electron chi connectivity index (χ3n) is 4.32. The maximum atomic E-state index is 13.6. The van der Waals surface area contributed by atoms with E-state index in [0.29, 0.717) is 6.42 Å². The normalized spacial score (nSPS) is 11.0. The second-order valence-electron chi connectivity index (χ2n) is 6.41. The number of rotatable bonds is 5. The van der Waals surface area contributed by atoms with Gasteiger partial charge in [-0.3, -0.25) is 0 Å². The highest BCUT2D eigenvalue weighted by atomic mass is 19.3. The van der Waals surface area contributed by atoms with Crippen molar-refractivity contribution in [1.82, 2.24) is 4.98 Å². The van der Waals surface area contributed by atoms with Gasteiger partial charge in [0.05, 0.1) is 23.0 Å². The van der Waals surface area contributed by atoms with Crippen LogP contribution in [-0.4, -0.2) is 4.98 Å². The molecule has 0 atom stereocenters. The molecule has 0 N–H and O–H groups in total. The van der Waals surface area contributed by atoms with Crippen molar-refractivity contribution in [2.45, 2.75) is 19.3 Å². The number of nitriles is 1. The smallest absolute Gasteiger partial charge is 0.248 e. The van der Waals surface area contributed by atoms with Crippen LogP contribution in [-0.2, 0) is 12.3 Å². The van der Waals surface area contributed by atoms with E-state index in [9.17, 15) is 14.0 Å². The van der Waals surface area contributed by atoms with Gasteiger partial charge in [0.15, 0.2) is 0 Å². The summed E-state index contributed by atoms with van der Waals surface area (Å²) in [6.07, 6.45) is 2.26. The molecule has 0 unspecified atom stereocenters. The molecular weight excluding hydrogens is 342 g/mol. The van der Waals surface area contributed by atoms with E-state index in [1.165, 1.54) is 12.1 Å². The van der Waals surface area contributed by atoms with Gasteiger partial charge in [0.25, 0.3) is 5.92 Å². The fourth-order valence-corrected chi connectivity index (χ4v) is 2.93. The van der Waals surface area contributed by atoms with Crippen LogP contribution >= 0.6 is 0 Å². The standard InChI is InChI=1S/C23H18F2N2/c1-3-20-5-4-6-22(27-20)18-10-7-16(8-11-18)13-17-9-12-21(23(2,24)25)19(14-17)15-26/h3-12,14H,1,13H2,2H3. The molecule has 0 saturated heterocycles. The molecule has 2 nitrogen and oxygen atoms in total. The van der Waals surface area contributed by atoms with Crippen molar-refractivity contribution in [3.63, 3.8) is 0 Å². The van der Waals surface area contributed by atoms with Gasteiger partial charge in [-0.25, -0.2) is 13.8 Å². The first kappa shape index (κ1) is 18.5. The summed E-state index contributed by atoms with van der Waals surface area (Å²) in [7, 11) is 0. The molecule has 4 heteroatoms. The molecule has 0 bridgehead atoms. The Morgan fingerprint density at radius 2 is 1.78 bits per heavy atom. The number of nitrogens with zero attached hydrogens (tertiary/aromatic N) is 2. The first-order valence-electron chi connectivity index (χ1n) is 8.51. The van der Waals surface area contributed by atoms with Gasteiger partial charge in [-0.05, 0) is 41.8 Å². The summed E-state index contributed by atoms with van der Waals surface area (Å²) in [4.78, 5) is 4.51. The van der Waals surface area contributed by atoms with Crippen molar-refractivity contribution in [1.29, 1.82) is 5.26 Å². The molecule has 27 heavy (non-hydrogen) atoms. The molecule has 0 aliphatic carbocycles. The summed E-state index contributed by atoms with van der Waals surface area (Å²) in [6.45, 7) is 4.53. The van der Waals surface area contributed by atoms with Gasteiger partial charge >= 0.3 is 0 Å². The first-order valence-corrected chi connectivity index (χ1v) is 8.51. The largest absolute Gasteiger partial charge is 0.271 e. The van der Waals surface area contributed by atoms with Crippen LogP contribution in [0.5, 0.6) is 0 Å². The molecule has 0 amide bonds. The Morgan fingerprint density at radius 3 is 2.41 bits per heavy atom. The minimum atomic E-state index is -3.03. The van der Waals surface area contributed by atoms with E-state index >= 15 is 0 Å². The predicted molar refractivity (Wildman–Crippen MR) is 103 cm³/mol. The highest BCUT2D eigenvalue weighted by Crippen LogP contribution is 2.30. The van der Waals surface area contributed by atoms with Crippen LogP contribution < -0.4 is 0 Å². The predicted octanol–water partition coefficient (Wildman–Crippen LogP) is 5.97. The molecule has 1 heterocycles. The van der Waals surface area contributed by atoms with Crippen LogP contribution in [0, 0.1) is 11.3 Å². The Balaban J connectivity index is 1.83. The Kier molecular flexibility index (Phi) is 5.14. The van der Waals surface area contributed by atoms with Gasteiger partial charge in [-0.15, -0.1) is 0 Å². The third-order valence-corrected chi connectivity index (χ3v) is 4.32. The fourth-order valence-electron chi connectivity index (χ4n) is 2.93. The van der Waals surface area contributed by atoms with Crippen LogP contribution in [0.1, 0.15) is 34.9 Å². The summed E-state index contributed by atoms with van der Waals surface area (Å²) in [5.74, 6) is -3.03. The highest BCUT2D eigenvalue weighted by molar-refractivity contribution is 5.61. The molecule has 3 rings (SSSR count). The van der Waals surface area contributed by atoms with Crippen molar-refractivity contribution in [3.8, 4) is 17.3 Å². The Bertz CT molecular complexity index is 1010. The minimum Gasteiger partial charge on any atom is -0.248 e. The summed E-state index contributed by atoms with van der Waals surface area (Å²) >= 11 is 0. The summed E-state index contributed by atoms with van der Waals surface area (Å²) < 4.78 is 27.1. The second-order valence-corrected chi connectivity index (χ2v) is 6.41. The average molecular weight is 360 g/mol. The molecule has 1 aromatic heterocycles. The van der Waals surface area contributed by atoms with Crippen molar-refractivity contribution >= 4 is 6.08 Å².